The smallest absolute Gasteiger partial charge is 0.0591 e. The Morgan fingerprint density at radius 1 is 1.24 bits per heavy atom. The molecule has 0 atom stereocenters. The van der Waals surface area contributed by atoms with E-state index in [-0.39, 0.29) is 0 Å². The highest BCUT2D eigenvalue weighted by Crippen LogP contribution is 2.23. The van der Waals surface area contributed by atoms with Crippen LogP contribution in [0.1, 0.15) is 12.0 Å². The maximum Gasteiger partial charge on any atom is 0.0591 e. The summed E-state index contributed by atoms with van der Waals surface area (Å²) in [5, 5.41) is 4.62. The fourth-order valence-electron chi connectivity index (χ4n) is 1.33. The quantitative estimate of drug-likeness (QED) is 0.577. The van der Waals surface area contributed by atoms with Crippen LogP contribution in [0, 0.1) is 0 Å². The molecule has 0 heterocycles. The number of hydrogen-bond donors (Lipinski definition) is 1. The average Bonchev–Trinajstić information content (AvgIpc) is 2.31. The van der Waals surface area contributed by atoms with Gasteiger partial charge in [-0.05, 0) is 18.6 Å². The van der Waals surface area contributed by atoms with Crippen molar-refractivity contribution in [1.82, 2.24) is 5.32 Å². The molecule has 1 rings (SSSR count). The van der Waals surface area contributed by atoms with Gasteiger partial charge in [-0.1, -0.05) is 35.3 Å². The molecule has 0 fully saturated rings. The predicted octanol–water partition coefficient (Wildman–Crippen LogP) is 3.68. The number of rotatable bonds is 8. The Bertz CT molecular complexity index is 335. The molecule has 0 saturated heterocycles. The van der Waals surface area contributed by atoms with Crippen LogP contribution in [0.3, 0.4) is 0 Å². The second kappa shape index (κ2) is 8.54. The molecule has 0 radical (unpaired) electrons. The van der Waals surface area contributed by atoms with Gasteiger partial charge in [-0.15, -0.1) is 6.58 Å². The van der Waals surface area contributed by atoms with Crippen molar-refractivity contribution in [3.8, 4) is 0 Å². The lowest BCUT2D eigenvalue weighted by Gasteiger charge is -2.08. The zero-order valence-electron chi connectivity index (χ0n) is 9.72. The van der Waals surface area contributed by atoms with Gasteiger partial charge < -0.3 is 10.1 Å². The Balaban J connectivity index is 2.20. The van der Waals surface area contributed by atoms with Gasteiger partial charge in [0, 0.05) is 28.7 Å². The molecule has 0 aliphatic rings. The highest BCUT2D eigenvalue weighted by molar-refractivity contribution is 6.35. The van der Waals surface area contributed by atoms with Gasteiger partial charge in [-0.3, -0.25) is 0 Å². The van der Waals surface area contributed by atoms with Crippen molar-refractivity contribution in [3.05, 3.63) is 46.5 Å². The Kier molecular flexibility index (Phi) is 7.29. The predicted molar refractivity (Wildman–Crippen MR) is 73.8 cm³/mol. The monoisotopic (exact) mass is 273 g/mol. The summed E-state index contributed by atoms with van der Waals surface area (Å²) in [6, 6.07) is 5.52. The van der Waals surface area contributed by atoms with Crippen molar-refractivity contribution in [3.63, 3.8) is 0 Å². The van der Waals surface area contributed by atoms with E-state index in [9.17, 15) is 0 Å². The topological polar surface area (TPSA) is 21.3 Å². The summed E-state index contributed by atoms with van der Waals surface area (Å²) in [5.74, 6) is 0. The van der Waals surface area contributed by atoms with Gasteiger partial charge in [0.25, 0.3) is 0 Å². The van der Waals surface area contributed by atoms with Crippen LogP contribution < -0.4 is 5.32 Å². The molecule has 17 heavy (non-hydrogen) atoms. The normalized spacial score (nSPS) is 10.5. The number of halogens is 2. The Hall–Kier alpha value is -0.540. The highest BCUT2D eigenvalue weighted by atomic mass is 35.5. The molecule has 0 spiro atoms. The van der Waals surface area contributed by atoms with Crippen LogP contribution in [0.5, 0.6) is 0 Å². The van der Waals surface area contributed by atoms with E-state index < -0.39 is 0 Å². The zero-order valence-corrected chi connectivity index (χ0v) is 11.2. The van der Waals surface area contributed by atoms with Crippen LogP contribution in [-0.2, 0) is 11.3 Å². The first-order valence-electron chi connectivity index (χ1n) is 5.58. The second-order valence-electron chi connectivity index (χ2n) is 3.57. The molecule has 0 aliphatic heterocycles. The van der Waals surface area contributed by atoms with E-state index in [1.54, 1.807) is 0 Å². The highest BCUT2D eigenvalue weighted by Gasteiger charge is 2.03. The maximum atomic E-state index is 6.04. The Morgan fingerprint density at radius 2 is 1.94 bits per heavy atom. The third kappa shape index (κ3) is 5.55. The van der Waals surface area contributed by atoms with Crippen molar-refractivity contribution < 1.29 is 4.74 Å². The van der Waals surface area contributed by atoms with E-state index in [2.05, 4.69) is 11.9 Å². The van der Waals surface area contributed by atoms with Crippen molar-refractivity contribution in [2.75, 3.05) is 19.8 Å². The standard InChI is InChI=1S/C13H17Cl2NO/c1-2-3-8-17-9-7-16-10-11-12(14)5-4-6-13(11)15/h2,4-6,16H,1,3,7-10H2. The molecule has 0 unspecified atom stereocenters. The average molecular weight is 274 g/mol. The Morgan fingerprint density at radius 3 is 2.59 bits per heavy atom. The van der Waals surface area contributed by atoms with Crippen LogP contribution >= 0.6 is 23.2 Å². The number of nitrogens with one attached hydrogen (secondary N) is 1. The molecule has 1 N–H and O–H groups in total. The molecule has 2 nitrogen and oxygen atoms in total. The van der Waals surface area contributed by atoms with Crippen molar-refractivity contribution in [1.29, 1.82) is 0 Å². The van der Waals surface area contributed by atoms with Gasteiger partial charge in [-0.2, -0.15) is 0 Å². The van der Waals surface area contributed by atoms with E-state index >= 15 is 0 Å². The van der Waals surface area contributed by atoms with Crippen LogP contribution in [0.15, 0.2) is 30.9 Å². The maximum absolute atomic E-state index is 6.04. The van der Waals surface area contributed by atoms with Crippen molar-refractivity contribution in [2.24, 2.45) is 0 Å². The van der Waals surface area contributed by atoms with Crippen molar-refractivity contribution >= 4 is 23.2 Å². The minimum Gasteiger partial charge on any atom is -0.380 e. The first-order chi connectivity index (χ1) is 8.25. The number of hydrogen-bond acceptors (Lipinski definition) is 2. The molecule has 1 aromatic rings. The summed E-state index contributed by atoms with van der Waals surface area (Å²) < 4.78 is 5.37. The summed E-state index contributed by atoms with van der Waals surface area (Å²) in [6.07, 6.45) is 2.73. The van der Waals surface area contributed by atoms with E-state index in [1.165, 1.54) is 0 Å². The third-order valence-electron chi connectivity index (χ3n) is 2.25. The summed E-state index contributed by atoms with van der Waals surface area (Å²) in [5.41, 5.74) is 0.932. The van der Waals surface area contributed by atoms with Crippen LogP contribution in [-0.4, -0.2) is 19.8 Å². The Labute approximate surface area is 113 Å². The summed E-state index contributed by atoms with van der Waals surface area (Å²) in [6.45, 7) is 6.46. The minimum atomic E-state index is 0.656. The molecule has 0 aromatic heterocycles. The number of ether oxygens (including phenoxy) is 1. The lowest BCUT2D eigenvalue weighted by atomic mass is 10.2. The van der Waals surface area contributed by atoms with Gasteiger partial charge in [0.1, 0.15) is 0 Å². The van der Waals surface area contributed by atoms with Crippen LogP contribution in [0.4, 0.5) is 0 Å². The van der Waals surface area contributed by atoms with Crippen LogP contribution in [0.25, 0.3) is 0 Å². The lowest BCUT2D eigenvalue weighted by Crippen LogP contribution is -2.19. The van der Waals surface area contributed by atoms with Crippen molar-refractivity contribution in [2.45, 2.75) is 13.0 Å². The van der Waals surface area contributed by atoms with Crippen LogP contribution in [0.2, 0.25) is 10.0 Å². The molecule has 4 heteroatoms. The SMILES string of the molecule is C=CCCOCCNCc1c(Cl)cccc1Cl. The first kappa shape index (κ1) is 14.5. The van der Waals surface area contributed by atoms with Gasteiger partial charge in [0.15, 0.2) is 0 Å². The third-order valence-corrected chi connectivity index (χ3v) is 2.96. The molecule has 0 bridgehead atoms. The van der Waals surface area contributed by atoms with E-state index in [0.717, 1.165) is 25.1 Å². The minimum absolute atomic E-state index is 0.656. The largest absolute Gasteiger partial charge is 0.380 e. The van der Waals surface area contributed by atoms with Gasteiger partial charge >= 0.3 is 0 Å². The molecule has 0 amide bonds. The molecule has 0 aliphatic carbocycles. The van der Waals surface area contributed by atoms with Gasteiger partial charge in [-0.25, -0.2) is 0 Å². The first-order valence-corrected chi connectivity index (χ1v) is 6.33. The fourth-order valence-corrected chi connectivity index (χ4v) is 1.86. The fraction of sp³-hybridized carbons (Fsp3) is 0.385. The molecular weight excluding hydrogens is 257 g/mol. The second-order valence-corrected chi connectivity index (χ2v) is 4.38. The zero-order chi connectivity index (χ0) is 12.5. The van der Waals surface area contributed by atoms with E-state index in [4.69, 9.17) is 27.9 Å². The van der Waals surface area contributed by atoms with Gasteiger partial charge in [0.05, 0.1) is 13.2 Å². The summed E-state index contributed by atoms with van der Waals surface area (Å²) in [4.78, 5) is 0. The molecular formula is C13H17Cl2NO. The lowest BCUT2D eigenvalue weighted by molar-refractivity contribution is 0.140. The van der Waals surface area contributed by atoms with E-state index in [1.807, 2.05) is 24.3 Å². The molecule has 1 aromatic carbocycles. The molecule has 0 saturated carbocycles. The summed E-state index contributed by atoms with van der Waals surface area (Å²) in [7, 11) is 0. The van der Waals surface area contributed by atoms with E-state index in [0.29, 0.717) is 23.2 Å². The summed E-state index contributed by atoms with van der Waals surface area (Å²) >= 11 is 12.1. The van der Waals surface area contributed by atoms with Gasteiger partial charge in [0.2, 0.25) is 0 Å². The molecule has 94 valence electrons. The number of benzene rings is 1.